The third-order valence-corrected chi connectivity index (χ3v) is 2.21. The van der Waals surface area contributed by atoms with E-state index in [0.29, 0.717) is 18.1 Å². The molecule has 0 aromatic carbocycles. The Morgan fingerprint density at radius 3 is 2.42 bits per heavy atom. The fraction of sp³-hybridized carbons (Fsp3) is 0.750. The van der Waals surface area contributed by atoms with E-state index in [2.05, 4.69) is 0 Å². The van der Waals surface area contributed by atoms with E-state index in [1.807, 2.05) is 13.8 Å². The first kappa shape index (κ1) is 11.4. The first-order valence-electron chi connectivity index (χ1n) is 4.03. The van der Waals surface area contributed by atoms with Gasteiger partial charge in [0, 0.05) is 25.9 Å². The molecule has 0 bridgehead atoms. The largest absolute Gasteiger partial charge is 0.393 e. The van der Waals surface area contributed by atoms with Crippen molar-refractivity contribution in [2.75, 3.05) is 13.1 Å². The normalized spacial score (nSPS) is 12.2. The van der Waals surface area contributed by atoms with Gasteiger partial charge in [-0.25, -0.2) is 0 Å². The smallest absolute Gasteiger partial charge is 0.219 e. The number of hydrogen-bond donors (Lipinski definition) is 1. The van der Waals surface area contributed by atoms with Gasteiger partial charge in [-0.3, -0.25) is 4.79 Å². The molecule has 4 heteroatoms. The van der Waals surface area contributed by atoms with Crippen molar-refractivity contribution in [1.29, 1.82) is 0 Å². The van der Waals surface area contributed by atoms with Crippen LogP contribution < -0.4 is 5.73 Å². The molecule has 3 nitrogen and oxygen atoms in total. The van der Waals surface area contributed by atoms with E-state index in [1.165, 1.54) is 0 Å². The van der Waals surface area contributed by atoms with Gasteiger partial charge in [0.2, 0.25) is 5.91 Å². The van der Waals surface area contributed by atoms with E-state index in [-0.39, 0.29) is 11.8 Å². The molecule has 0 fully saturated rings. The van der Waals surface area contributed by atoms with Gasteiger partial charge in [-0.15, -0.1) is 0 Å². The molecule has 0 saturated heterocycles. The van der Waals surface area contributed by atoms with Crippen molar-refractivity contribution in [1.82, 2.24) is 4.90 Å². The average molecular weight is 188 g/mol. The summed E-state index contributed by atoms with van der Waals surface area (Å²) in [7, 11) is 0. The van der Waals surface area contributed by atoms with Gasteiger partial charge in [0.05, 0.1) is 4.99 Å². The molecule has 0 aromatic rings. The molecule has 1 amide bonds. The molecule has 1 unspecified atom stereocenters. The Balaban J connectivity index is 4.02. The van der Waals surface area contributed by atoms with E-state index >= 15 is 0 Å². The zero-order valence-electron chi connectivity index (χ0n) is 7.83. The molecule has 12 heavy (non-hydrogen) atoms. The summed E-state index contributed by atoms with van der Waals surface area (Å²) in [6.07, 6.45) is 0. The van der Waals surface area contributed by atoms with Crippen LogP contribution in [0.15, 0.2) is 0 Å². The van der Waals surface area contributed by atoms with Gasteiger partial charge < -0.3 is 10.6 Å². The van der Waals surface area contributed by atoms with Crippen LogP contribution in [0.5, 0.6) is 0 Å². The van der Waals surface area contributed by atoms with Crippen molar-refractivity contribution in [2.24, 2.45) is 11.7 Å². The number of hydrogen-bond acceptors (Lipinski definition) is 2. The summed E-state index contributed by atoms with van der Waals surface area (Å²) in [4.78, 5) is 13.2. The van der Waals surface area contributed by atoms with Gasteiger partial charge in [-0.1, -0.05) is 19.1 Å². The van der Waals surface area contributed by atoms with Crippen molar-refractivity contribution >= 4 is 23.1 Å². The molecule has 2 N–H and O–H groups in total. The van der Waals surface area contributed by atoms with Gasteiger partial charge in [-0.05, 0) is 6.92 Å². The molecule has 70 valence electrons. The molecular formula is C8H16N2OS. The van der Waals surface area contributed by atoms with Crippen LogP contribution in [0.3, 0.4) is 0 Å². The predicted molar refractivity (Wildman–Crippen MR) is 53.9 cm³/mol. The highest BCUT2D eigenvalue weighted by molar-refractivity contribution is 7.80. The second-order valence-corrected chi connectivity index (χ2v) is 3.33. The molecule has 0 saturated carbocycles. The second-order valence-electron chi connectivity index (χ2n) is 2.86. The Labute approximate surface area is 78.9 Å². The van der Waals surface area contributed by atoms with Gasteiger partial charge in [0.25, 0.3) is 0 Å². The maximum atomic E-state index is 11.0. The fourth-order valence-electron chi connectivity index (χ4n) is 0.901. The summed E-state index contributed by atoms with van der Waals surface area (Å²) in [6.45, 7) is 6.75. The minimum absolute atomic E-state index is 0.0700. The summed E-state index contributed by atoms with van der Waals surface area (Å²) >= 11 is 4.81. The van der Waals surface area contributed by atoms with E-state index in [0.717, 1.165) is 0 Å². The average Bonchev–Trinajstić information content (AvgIpc) is 1.98. The first-order chi connectivity index (χ1) is 5.49. The van der Waals surface area contributed by atoms with Crippen LogP contribution in [0.2, 0.25) is 0 Å². The lowest BCUT2D eigenvalue weighted by Gasteiger charge is -2.22. The van der Waals surface area contributed by atoms with Crippen molar-refractivity contribution < 1.29 is 4.79 Å². The predicted octanol–water partition coefficient (Wildman–Crippen LogP) is 0.777. The first-order valence-corrected chi connectivity index (χ1v) is 4.44. The maximum absolute atomic E-state index is 11.0. The SMILES string of the molecule is CCN(CC(C)C(N)=S)C(C)=O. The lowest BCUT2D eigenvalue weighted by molar-refractivity contribution is -0.128. The van der Waals surface area contributed by atoms with Crippen LogP contribution in [-0.2, 0) is 4.79 Å². The molecule has 1 atom stereocenters. The lowest BCUT2D eigenvalue weighted by Crippen LogP contribution is -2.36. The van der Waals surface area contributed by atoms with Crippen LogP contribution in [0, 0.1) is 5.92 Å². The lowest BCUT2D eigenvalue weighted by atomic mass is 10.1. The minimum atomic E-state index is 0.0700. The van der Waals surface area contributed by atoms with E-state index in [4.69, 9.17) is 18.0 Å². The summed E-state index contributed by atoms with van der Waals surface area (Å²) < 4.78 is 0. The van der Waals surface area contributed by atoms with Crippen molar-refractivity contribution in [3.63, 3.8) is 0 Å². The number of carbonyl (C=O) groups is 1. The van der Waals surface area contributed by atoms with Gasteiger partial charge in [-0.2, -0.15) is 0 Å². The quantitative estimate of drug-likeness (QED) is 0.663. The van der Waals surface area contributed by atoms with Crippen molar-refractivity contribution in [3.05, 3.63) is 0 Å². The zero-order chi connectivity index (χ0) is 9.72. The third kappa shape index (κ3) is 3.67. The number of nitrogens with two attached hydrogens (primary N) is 1. The van der Waals surface area contributed by atoms with Crippen LogP contribution in [0.4, 0.5) is 0 Å². The van der Waals surface area contributed by atoms with Crippen LogP contribution in [0.1, 0.15) is 20.8 Å². The van der Waals surface area contributed by atoms with Crippen LogP contribution in [-0.4, -0.2) is 28.9 Å². The fourth-order valence-corrected chi connectivity index (χ4v) is 0.975. The molecule has 0 aromatic heterocycles. The Hall–Kier alpha value is -0.640. The Kier molecular flexibility index (Phi) is 4.81. The van der Waals surface area contributed by atoms with Crippen LogP contribution >= 0.6 is 12.2 Å². The summed E-state index contributed by atoms with van der Waals surface area (Å²) in [5.41, 5.74) is 5.43. The Morgan fingerprint density at radius 1 is 1.67 bits per heavy atom. The highest BCUT2D eigenvalue weighted by atomic mass is 32.1. The van der Waals surface area contributed by atoms with Crippen molar-refractivity contribution in [2.45, 2.75) is 20.8 Å². The van der Waals surface area contributed by atoms with E-state index < -0.39 is 0 Å². The number of carbonyl (C=O) groups excluding carboxylic acids is 1. The molecule has 0 aliphatic rings. The Bertz CT molecular complexity index is 182. The van der Waals surface area contributed by atoms with E-state index in [9.17, 15) is 4.79 Å². The number of amides is 1. The molecule has 0 rings (SSSR count). The molecule has 0 aliphatic heterocycles. The number of rotatable bonds is 4. The molecule has 0 aliphatic carbocycles. The van der Waals surface area contributed by atoms with Gasteiger partial charge >= 0.3 is 0 Å². The monoisotopic (exact) mass is 188 g/mol. The Morgan fingerprint density at radius 2 is 2.17 bits per heavy atom. The summed E-state index contributed by atoms with van der Waals surface area (Å²) in [5.74, 6) is 0.171. The zero-order valence-corrected chi connectivity index (χ0v) is 8.65. The standard InChI is InChI=1S/C8H16N2OS/c1-4-10(7(3)11)5-6(2)8(9)12/h6H,4-5H2,1-3H3,(H2,9,12). The summed E-state index contributed by atoms with van der Waals surface area (Å²) in [5, 5.41) is 0. The van der Waals surface area contributed by atoms with Crippen molar-refractivity contribution in [3.8, 4) is 0 Å². The second kappa shape index (κ2) is 5.09. The topological polar surface area (TPSA) is 46.3 Å². The van der Waals surface area contributed by atoms with Gasteiger partial charge in [0.15, 0.2) is 0 Å². The van der Waals surface area contributed by atoms with E-state index in [1.54, 1.807) is 11.8 Å². The minimum Gasteiger partial charge on any atom is -0.393 e. The van der Waals surface area contributed by atoms with Gasteiger partial charge in [0.1, 0.15) is 0 Å². The molecule has 0 radical (unpaired) electrons. The van der Waals surface area contributed by atoms with Crippen LogP contribution in [0.25, 0.3) is 0 Å². The molecular weight excluding hydrogens is 172 g/mol. The molecule has 0 heterocycles. The summed E-state index contributed by atoms with van der Waals surface area (Å²) in [6, 6.07) is 0. The molecule has 0 spiro atoms. The highest BCUT2D eigenvalue weighted by Crippen LogP contribution is 2.00. The number of thiocarbonyl (C=S) groups is 1. The number of nitrogens with zero attached hydrogens (tertiary/aromatic N) is 1. The maximum Gasteiger partial charge on any atom is 0.219 e. The third-order valence-electron chi connectivity index (χ3n) is 1.81. The highest BCUT2D eigenvalue weighted by Gasteiger charge is 2.12.